The Morgan fingerprint density at radius 2 is 2.67 bits per heavy atom. The van der Waals surface area contributed by atoms with E-state index in [-0.39, 0.29) is 0 Å². The monoisotopic (exact) mass is 83.1 g/mol. The van der Waals surface area contributed by atoms with Gasteiger partial charge >= 0.3 is 0 Å². The molecule has 0 saturated carbocycles. The van der Waals surface area contributed by atoms with Crippen LogP contribution in [0.4, 0.5) is 0 Å². The molecule has 2 heteroatoms. The first-order valence-electron chi connectivity index (χ1n) is 2.08. The van der Waals surface area contributed by atoms with Gasteiger partial charge in [-0.2, -0.15) is 0 Å². The van der Waals surface area contributed by atoms with Crippen LogP contribution in [-0.2, 0) is 0 Å². The van der Waals surface area contributed by atoms with E-state index in [4.69, 9.17) is 0 Å². The van der Waals surface area contributed by atoms with Crippen LogP contribution in [0.5, 0.6) is 0 Å². The average Bonchev–Trinajstić information content (AvgIpc) is 1.86. The summed E-state index contributed by atoms with van der Waals surface area (Å²) in [6, 6.07) is 0.449. The van der Waals surface area contributed by atoms with Crippen molar-refractivity contribution in [3.63, 3.8) is 0 Å². The highest BCUT2D eigenvalue weighted by Crippen LogP contribution is 1.89. The van der Waals surface area contributed by atoms with E-state index < -0.39 is 0 Å². The molecule has 1 unspecified atom stereocenters. The molecule has 0 N–H and O–H groups in total. The van der Waals surface area contributed by atoms with E-state index in [0.29, 0.717) is 6.04 Å². The molecule has 2 nitrogen and oxygen atoms in total. The van der Waals surface area contributed by atoms with Crippen LogP contribution in [0, 0.1) is 0 Å². The predicted molar refractivity (Wildman–Crippen MR) is 25.0 cm³/mol. The zero-order valence-corrected chi connectivity index (χ0v) is 3.76. The van der Waals surface area contributed by atoms with Crippen molar-refractivity contribution in [1.29, 1.82) is 0 Å². The molecule has 0 saturated heterocycles. The molecular weight excluding hydrogens is 76.1 g/mol. The molecule has 1 heterocycles. The highest BCUT2D eigenvalue weighted by molar-refractivity contribution is 5.56. The van der Waals surface area contributed by atoms with Gasteiger partial charge in [0.15, 0.2) is 0 Å². The molecular formula is C4H7N2. The summed E-state index contributed by atoms with van der Waals surface area (Å²) in [5, 5.41) is 3.87. The highest BCUT2D eigenvalue weighted by Gasteiger charge is 2.00. The maximum Gasteiger partial charge on any atom is 0.104 e. The van der Waals surface area contributed by atoms with Gasteiger partial charge in [0, 0.05) is 0 Å². The second kappa shape index (κ2) is 1.29. The smallest absolute Gasteiger partial charge is 0.104 e. The fourth-order valence-corrected chi connectivity index (χ4v) is 0.408. The van der Waals surface area contributed by atoms with Crippen LogP contribution in [0.25, 0.3) is 0 Å². The lowest BCUT2D eigenvalue weighted by atomic mass is 10.4. The van der Waals surface area contributed by atoms with Crippen LogP contribution in [0.15, 0.2) is 4.99 Å². The fraction of sp³-hybridized carbons (Fsp3) is 0.750. The number of hydrogen-bond donors (Lipinski definition) is 0. The Morgan fingerprint density at radius 3 is 2.83 bits per heavy atom. The number of rotatable bonds is 0. The van der Waals surface area contributed by atoms with E-state index >= 15 is 0 Å². The summed E-state index contributed by atoms with van der Waals surface area (Å²) in [6.45, 7) is 2.94. The molecule has 1 radical (unpaired) electrons. The third-order valence-corrected chi connectivity index (χ3v) is 0.772. The van der Waals surface area contributed by atoms with Gasteiger partial charge in [-0.1, -0.05) is 0 Å². The van der Waals surface area contributed by atoms with Crippen molar-refractivity contribution in [2.24, 2.45) is 4.99 Å². The van der Waals surface area contributed by atoms with Gasteiger partial charge in [0.1, 0.15) is 6.34 Å². The van der Waals surface area contributed by atoms with E-state index in [0.717, 1.165) is 6.54 Å². The average molecular weight is 83.1 g/mol. The van der Waals surface area contributed by atoms with Gasteiger partial charge < -0.3 is 0 Å². The first kappa shape index (κ1) is 3.65. The molecule has 1 atom stereocenters. The van der Waals surface area contributed by atoms with E-state index in [9.17, 15) is 0 Å². The van der Waals surface area contributed by atoms with Gasteiger partial charge in [-0.25, -0.2) is 0 Å². The summed E-state index contributed by atoms with van der Waals surface area (Å²) >= 11 is 0. The van der Waals surface area contributed by atoms with E-state index in [1.54, 1.807) is 6.34 Å². The minimum atomic E-state index is 0.449. The van der Waals surface area contributed by atoms with Crippen LogP contribution in [0.2, 0.25) is 0 Å². The molecule has 0 spiro atoms. The maximum absolute atomic E-state index is 3.94. The number of nitrogens with zero attached hydrogens (tertiary/aromatic N) is 2. The van der Waals surface area contributed by atoms with Crippen molar-refractivity contribution in [2.75, 3.05) is 6.54 Å². The summed E-state index contributed by atoms with van der Waals surface area (Å²) < 4.78 is 0. The van der Waals surface area contributed by atoms with Gasteiger partial charge in [0.2, 0.25) is 0 Å². The van der Waals surface area contributed by atoms with E-state index in [1.807, 2.05) is 6.92 Å². The van der Waals surface area contributed by atoms with Gasteiger partial charge in [0.05, 0.1) is 12.6 Å². The lowest BCUT2D eigenvalue weighted by molar-refractivity contribution is 0.761. The molecule has 1 aliphatic heterocycles. The van der Waals surface area contributed by atoms with Crippen LogP contribution < -0.4 is 5.32 Å². The molecule has 0 aromatic heterocycles. The third-order valence-electron chi connectivity index (χ3n) is 0.772. The van der Waals surface area contributed by atoms with E-state index in [1.165, 1.54) is 0 Å². The van der Waals surface area contributed by atoms with Crippen molar-refractivity contribution < 1.29 is 0 Å². The normalized spacial score (nSPS) is 30.5. The summed E-state index contributed by atoms with van der Waals surface area (Å²) in [5.41, 5.74) is 0. The minimum Gasteiger partial charge on any atom is -0.272 e. The van der Waals surface area contributed by atoms with Crippen molar-refractivity contribution in [1.82, 2.24) is 5.32 Å². The molecule has 0 aliphatic carbocycles. The summed E-state index contributed by atoms with van der Waals surface area (Å²) in [5.74, 6) is 0. The Kier molecular flexibility index (Phi) is 0.783. The Balaban J connectivity index is 2.38. The highest BCUT2D eigenvalue weighted by atomic mass is 15.0. The molecule has 0 aromatic rings. The van der Waals surface area contributed by atoms with Crippen molar-refractivity contribution in [2.45, 2.75) is 13.0 Å². The number of hydrogen-bond acceptors (Lipinski definition) is 1. The first-order chi connectivity index (χ1) is 2.89. The zero-order valence-electron chi connectivity index (χ0n) is 3.76. The standard InChI is InChI=1S/C4H7N2/c1-4-2-5-3-6-4/h3-4H,2H2,1H3. The SMILES string of the molecule is CC1C[N]C=N1. The molecule has 0 aromatic carbocycles. The second-order valence-corrected chi connectivity index (χ2v) is 1.48. The zero-order chi connectivity index (χ0) is 4.41. The number of aliphatic imine (C=N–C) groups is 1. The van der Waals surface area contributed by atoms with Gasteiger partial charge in [-0.3, -0.25) is 10.3 Å². The maximum atomic E-state index is 3.94. The molecule has 1 aliphatic rings. The lowest BCUT2D eigenvalue weighted by Crippen LogP contribution is -2.04. The summed E-state index contributed by atoms with van der Waals surface area (Å²) in [6.07, 6.45) is 1.63. The largest absolute Gasteiger partial charge is 0.272 e. The minimum absolute atomic E-state index is 0.449. The fourth-order valence-electron chi connectivity index (χ4n) is 0.408. The van der Waals surface area contributed by atoms with Gasteiger partial charge in [0.25, 0.3) is 0 Å². The van der Waals surface area contributed by atoms with Crippen LogP contribution >= 0.6 is 0 Å². The molecule has 6 heavy (non-hydrogen) atoms. The van der Waals surface area contributed by atoms with Gasteiger partial charge in [-0.05, 0) is 6.92 Å². The molecule has 0 amide bonds. The summed E-state index contributed by atoms with van der Waals surface area (Å²) in [4.78, 5) is 3.94. The van der Waals surface area contributed by atoms with Crippen molar-refractivity contribution in [3.8, 4) is 0 Å². The molecule has 33 valence electrons. The molecule has 0 fully saturated rings. The lowest BCUT2D eigenvalue weighted by Gasteiger charge is -1.87. The Hall–Kier alpha value is -0.530. The van der Waals surface area contributed by atoms with Crippen molar-refractivity contribution in [3.05, 3.63) is 0 Å². The van der Waals surface area contributed by atoms with Crippen LogP contribution in [0.1, 0.15) is 6.92 Å². The molecule has 1 rings (SSSR count). The topological polar surface area (TPSA) is 26.5 Å². The van der Waals surface area contributed by atoms with Crippen LogP contribution in [-0.4, -0.2) is 18.9 Å². The Labute approximate surface area is 37.3 Å². The third kappa shape index (κ3) is 0.506. The molecule has 0 bridgehead atoms. The summed E-state index contributed by atoms with van der Waals surface area (Å²) in [7, 11) is 0. The Bertz CT molecular complexity index is 67.9. The van der Waals surface area contributed by atoms with Crippen LogP contribution in [0.3, 0.4) is 0 Å². The quantitative estimate of drug-likeness (QED) is 0.395. The van der Waals surface area contributed by atoms with E-state index in [2.05, 4.69) is 10.3 Å². The Morgan fingerprint density at radius 1 is 1.83 bits per heavy atom. The predicted octanol–water partition coefficient (Wildman–Crippen LogP) is 0.0212. The second-order valence-electron chi connectivity index (χ2n) is 1.48. The first-order valence-corrected chi connectivity index (χ1v) is 2.08. The van der Waals surface area contributed by atoms with Crippen molar-refractivity contribution >= 4 is 6.34 Å². The van der Waals surface area contributed by atoms with Gasteiger partial charge in [-0.15, -0.1) is 0 Å².